The lowest BCUT2D eigenvalue weighted by atomic mass is 9.91. The van der Waals surface area contributed by atoms with Crippen molar-refractivity contribution >= 4 is 70.1 Å². The average molecular weight is 756 g/mol. The summed E-state index contributed by atoms with van der Waals surface area (Å²) in [6, 6.07) is 81.9. The monoisotopic (exact) mass is 755 g/mol. The normalized spacial score (nSPS) is 11.4. The second-order valence-electron chi connectivity index (χ2n) is 14.9. The van der Waals surface area contributed by atoms with Gasteiger partial charge in [0.2, 0.25) is 0 Å². The summed E-state index contributed by atoms with van der Waals surface area (Å²) in [6.07, 6.45) is 0. The Balaban J connectivity index is 1.09. The first-order chi connectivity index (χ1) is 28.8. The van der Waals surface area contributed by atoms with E-state index in [4.69, 9.17) is 0 Å². The number of thiophene rings is 1. The largest absolute Gasteiger partial charge is 0.310 e. The third kappa shape index (κ3) is 5.94. The van der Waals surface area contributed by atoms with Gasteiger partial charge in [-0.25, -0.2) is 0 Å². The molecule has 2 heteroatoms. The molecule has 0 aliphatic rings. The zero-order valence-electron chi connectivity index (χ0n) is 31.7. The summed E-state index contributed by atoms with van der Waals surface area (Å²) in [5, 5.41) is 7.68. The van der Waals surface area contributed by atoms with Crippen LogP contribution in [0.3, 0.4) is 0 Å². The van der Waals surface area contributed by atoms with E-state index in [0.29, 0.717) is 0 Å². The lowest BCUT2D eigenvalue weighted by Gasteiger charge is -2.29. The quantitative estimate of drug-likeness (QED) is 0.146. The Hall–Kier alpha value is -7.26. The molecule has 1 aromatic heterocycles. The molecule has 0 spiro atoms. The third-order valence-electron chi connectivity index (χ3n) is 11.5. The highest BCUT2D eigenvalue weighted by molar-refractivity contribution is 7.26. The second kappa shape index (κ2) is 14.4. The summed E-state index contributed by atoms with van der Waals surface area (Å²) in [7, 11) is 0. The molecule has 0 saturated carbocycles. The molecule has 0 bridgehead atoms. The van der Waals surface area contributed by atoms with Gasteiger partial charge in [0, 0.05) is 37.1 Å². The van der Waals surface area contributed by atoms with Gasteiger partial charge in [0.05, 0.1) is 5.69 Å². The molecule has 0 N–H and O–H groups in total. The van der Waals surface area contributed by atoms with Gasteiger partial charge in [-0.15, -0.1) is 11.3 Å². The van der Waals surface area contributed by atoms with Crippen LogP contribution in [0.5, 0.6) is 0 Å². The highest BCUT2D eigenvalue weighted by Gasteiger charge is 2.20. The van der Waals surface area contributed by atoms with Crippen molar-refractivity contribution < 1.29 is 0 Å². The van der Waals surface area contributed by atoms with E-state index in [9.17, 15) is 0 Å². The number of hydrogen-bond acceptors (Lipinski definition) is 2. The molecule has 0 fully saturated rings. The van der Waals surface area contributed by atoms with E-state index in [1.54, 1.807) is 0 Å². The Labute approximate surface area is 342 Å². The number of fused-ring (bicyclic) bond motifs is 6. The molecule has 0 amide bonds. The van der Waals surface area contributed by atoms with Crippen LogP contribution in [0.25, 0.3) is 86.2 Å². The molecule has 0 atom stereocenters. The highest BCUT2D eigenvalue weighted by Crippen LogP contribution is 2.46. The first kappa shape index (κ1) is 34.0. The van der Waals surface area contributed by atoms with E-state index in [-0.39, 0.29) is 0 Å². The third-order valence-corrected chi connectivity index (χ3v) is 12.7. The van der Waals surface area contributed by atoms with Crippen LogP contribution in [0.2, 0.25) is 0 Å². The van der Waals surface area contributed by atoms with Crippen LogP contribution >= 0.6 is 11.3 Å². The van der Waals surface area contributed by atoms with Crippen molar-refractivity contribution in [3.63, 3.8) is 0 Å². The van der Waals surface area contributed by atoms with E-state index < -0.39 is 0 Å². The molecule has 1 heterocycles. The fourth-order valence-electron chi connectivity index (χ4n) is 8.67. The van der Waals surface area contributed by atoms with Crippen LogP contribution in [0, 0.1) is 0 Å². The maximum absolute atomic E-state index is 2.42. The van der Waals surface area contributed by atoms with Crippen LogP contribution in [-0.4, -0.2) is 0 Å². The average Bonchev–Trinajstić information content (AvgIpc) is 3.69. The Kier molecular flexibility index (Phi) is 8.42. The fraction of sp³-hybridized carbons (Fsp3) is 0. The zero-order valence-corrected chi connectivity index (χ0v) is 32.5. The first-order valence-corrected chi connectivity index (χ1v) is 20.7. The lowest BCUT2D eigenvalue weighted by molar-refractivity contribution is 1.28. The zero-order chi connectivity index (χ0) is 38.4. The fourth-order valence-corrected chi connectivity index (χ4v) is 9.90. The van der Waals surface area contributed by atoms with E-state index in [1.807, 2.05) is 11.3 Å². The Bertz CT molecular complexity index is 3250. The minimum absolute atomic E-state index is 1.10. The van der Waals surface area contributed by atoms with Crippen molar-refractivity contribution in [1.82, 2.24) is 0 Å². The smallest absolute Gasteiger partial charge is 0.0540 e. The van der Waals surface area contributed by atoms with Gasteiger partial charge >= 0.3 is 0 Å². The van der Waals surface area contributed by atoms with Gasteiger partial charge < -0.3 is 4.90 Å². The highest BCUT2D eigenvalue weighted by atomic mass is 32.1. The summed E-state index contributed by atoms with van der Waals surface area (Å²) >= 11 is 1.88. The van der Waals surface area contributed by atoms with Crippen LogP contribution in [0.15, 0.2) is 224 Å². The Morgan fingerprint density at radius 3 is 1.57 bits per heavy atom. The van der Waals surface area contributed by atoms with Crippen LogP contribution in [-0.2, 0) is 0 Å². The maximum atomic E-state index is 2.42. The van der Waals surface area contributed by atoms with Crippen molar-refractivity contribution in [1.29, 1.82) is 0 Å². The molecular weight excluding hydrogens is 719 g/mol. The molecule has 0 unspecified atom stereocenters. The number of benzene rings is 10. The number of nitrogens with zero attached hydrogens (tertiary/aromatic N) is 1. The predicted molar refractivity (Wildman–Crippen MR) is 251 cm³/mol. The van der Waals surface area contributed by atoms with Gasteiger partial charge in [0.15, 0.2) is 0 Å². The topological polar surface area (TPSA) is 3.24 Å². The number of rotatable bonds is 7. The molecule has 10 aromatic carbocycles. The first-order valence-electron chi connectivity index (χ1n) is 19.8. The van der Waals surface area contributed by atoms with Gasteiger partial charge in [0.1, 0.15) is 0 Å². The molecule has 1 nitrogen and oxygen atoms in total. The van der Waals surface area contributed by atoms with Crippen molar-refractivity contribution in [3.8, 4) is 44.5 Å². The van der Waals surface area contributed by atoms with Crippen molar-refractivity contribution in [2.45, 2.75) is 0 Å². The predicted octanol–water partition coefficient (Wildman–Crippen LogP) is 16.5. The van der Waals surface area contributed by atoms with Gasteiger partial charge in [-0.05, 0) is 109 Å². The molecule has 58 heavy (non-hydrogen) atoms. The molecule has 0 saturated heterocycles. The van der Waals surface area contributed by atoms with Crippen molar-refractivity contribution in [2.75, 3.05) is 4.90 Å². The molecule has 11 aromatic rings. The van der Waals surface area contributed by atoms with Gasteiger partial charge in [-0.2, -0.15) is 0 Å². The summed E-state index contributed by atoms with van der Waals surface area (Å²) < 4.78 is 2.65. The number of hydrogen-bond donors (Lipinski definition) is 0. The van der Waals surface area contributed by atoms with Gasteiger partial charge in [-0.3, -0.25) is 0 Å². The standard InChI is InChI=1S/C56H37NS/c1-3-14-38(15-4-1)39-26-31-44(32-27-39)57(45-33-28-41(29-34-45)47-23-13-24-51-50-22-11-12-25-55(50)58-56(47)51)54-35-30-43(37-53(54)40-16-5-2-6-17-40)52-36-42-18-7-8-19-46(42)48-20-9-10-21-49(48)52/h1-37H. The van der Waals surface area contributed by atoms with Crippen LogP contribution < -0.4 is 4.90 Å². The summed E-state index contributed by atoms with van der Waals surface area (Å²) in [6.45, 7) is 0. The minimum Gasteiger partial charge on any atom is -0.310 e. The van der Waals surface area contributed by atoms with Crippen LogP contribution in [0.1, 0.15) is 0 Å². The van der Waals surface area contributed by atoms with E-state index in [1.165, 1.54) is 86.2 Å². The van der Waals surface area contributed by atoms with E-state index in [2.05, 4.69) is 229 Å². The number of anilines is 3. The molecule has 11 rings (SSSR count). The Morgan fingerprint density at radius 2 is 0.828 bits per heavy atom. The molecule has 272 valence electrons. The molecule has 0 radical (unpaired) electrons. The summed E-state index contributed by atoms with van der Waals surface area (Å²) in [4.78, 5) is 2.42. The van der Waals surface area contributed by atoms with Crippen molar-refractivity contribution in [3.05, 3.63) is 224 Å². The van der Waals surface area contributed by atoms with Crippen molar-refractivity contribution in [2.24, 2.45) is 0 Å². The second-order valence-corrected chi connectivity index (χ2v) is 15.9. The SMILES string of the molecule is c1ccc(-c2ccc(N(c3ccc(-c4cccc5c4sc4ccccc45)cc3)c3ccc(-c4cc5ccccc5c5ccccc45)cc3-c3ccccc3)cc2)cc1. The van der Waals surface area contributed by atoms with Gasteiger partial charge in [0.25, 0.3) is 0 Å². The Morgan fingerprint density at radius 1 is 0.293 bits per heavy atom. The van der Waals surface area contributed by atoms with E-state index >= 15 is 0 Å². The molecule has 0 aliphatic heterocycles. The lowest BCUT2D eigenvalue weighted by Crippen LogP contribution is -2.11. The van der Waals surface area contributed by atoms with E-state index in [0.717, 1.165) is 17.1 Å². The molecule has 0 aliphatic carbocycles. The van der Waals surface area contributed by atoms with Crippen LogP contribution in [0.4, 0.5) is 17.1 Å². The minimum atomic E-state index is 1.10. The maximum Gasteiger partial charge on any atom is 0.0540 e. The summed E-state index contributed by atoms with van der Waals surface area (Å²) in [5.74, 6) is 0. The molecular formula is C56H37NS. The van der Waals surface area contributed by atoms with Gasteiger partial charge in [-0.1, -0.05) is 176 Å². The summed E-state index contributed by atoms with van der Waals surface area (Å²) in [5.41, 5.74) is 12.9.